The number of oxazole rings is 1. The summed E-state index contributed by atoms with van der Waals surface area (Å²) in [5, 5.41) is 0. The number of aryl methyl sites for hydroxylation is 1. The lowest BCUT2D eigenvalue weighted by Crippen LogP contribution is -1.81. The molecule has 3 rings (SSSR count). The van der Waals surface area contributed by atoms with Crippen molar-refractivity contribution in [1.29, 1.82) is 0 Å². The van der Waals surface area contributed by atoms with Crippen LogP contribution in [0.4, 0.5) is 0 Å². The lowest BCUT2D eigenvalue weighted by molar-refractivity contribution is 0.415. The molecule has 0 aliphatic heterocycles. The van der Waals surface area contributed by atoms with Crippen molar-refractivity contribution in [2.45, 2.75) is 6.92 Å². The summed E-state index contributed by atoms with van der Waals surface area (Å²) in [4.78, 5) is 4.49. The van der Waals surface area contributed by atoms with Gasteiger partial charge in [0.2, 0.25) is 5.89 Å². The second-order valence-electron chi connectivity index (χ2n) is 4.22. The number of rotatable bonds is 2. The smallest absolute Gasteiger partial charge is 0.227 e. The van der Waals surface area contributed by atoms with Crippen molar-refractivity contribution in [3.05, 3.63) is 48.0 Å². The van der Waals surface area contributed by atoms with E-state index >= 15 is 0 Å². The highest BCUT2D eigenvalue weighted by Crippen LogP contribution is 2.27. The molecule has 0 N–H and O–H groups in total. The first-order valence-electron chi connectivity index (χ1n) is 5.78. The van der Waals surface area contributed by atoms with Crippen LogP contribution < -0.4 is 4.74 Å². The second-order valence-corrected chi connectivity index (χ2v) is 4.22. The average Bonchev–Trinajstić information content (AvgIpc) is 2.81. The predicted molar refractivity (Wildman–Crippen MR) is 70.7 cm³/mol. The lowest BCUT2D eigenvalue weighted by atomic mass is 10.1. The minimum Gasteiger partial charge on any atom is -0.497 e. The van der Waals surface area contributed by atoms with E-state index in [2.05, 4.69) is 24.0 Å². The molecule has 0 saturated heterocycles. The largest absolute Gasteiger partial charge is 0.497 e. The second kappa shape index (κ2) is 4.18. The topological polar surface area (TPSA) is 35.3 Å². The number of hydrogen-bond donors (Lipinski definition) is 0. The van der Waals surface area contributed by atoms with Gasteiger partial charge in [-0.2, -0.15) is 0 Å². The van der Waals surface area contributed by atoms with Crippen LogP contribution in [0.15, 0.2) is 46.9 Å². The van der Waals surface area contributed by atoms with Crippen LogP contribution in [0.5, 0.6) is 5.75 Å². The first-order chi connectivity index (χ1) is 8.76. The molecule has 0 spiro atoms. The Labute approximate surface area is 105 Å². The van der Waals surface area contributed by atoms with Crippen molar-refractivity contribution in [3.8, 4) is 17.2 Å². The molecular formula is C15H13NO2. The van der Waals surface area contributed by atoms with Crippen LogP contribution in [-0.4, -0.2) is 12.1 Å². The van der Waals surface area contributed by atoms with Crippen molar-refractivity contribution in [2.24, 2.45) is 0 Å². The van der Waals surface area contributed by atoms with Crippen LogP contribution in [-0.2, 0) is 0 Å². The summed E-state index contributed by atoms with van der Waals surface area (Å²) in [5.74, 6) is 1.42. The highest BCUT2D eigenvalue weighted by molar-refractivity contribution is 5.77. The van der Waals surface area contributed by atoms with Gasteiger partial charge in [-0.3, -0.25) is 0 Å². The van der Waals surface area contributed by atoms with E-state index in [4.69, 9.17) is 9.15 Å². The summed E-state index contributed by atoms with van der Waals surface area (Å²) < 4.78 is 10.9. The number of hydrogen-bond acceptors (Lipinski definition) is 3. The van der Waals surface area contributed by atoms with Crippen LogP contribution in [0.2, 0.25) is 0 Å². The van der Waals surface area contributed by atoms with E-state index in [1.807, 2.05) is 30.3 Å². The summed E-state index contributed by atoms with van der Waals surface area (Å²) in [6.45, 7) is 2.05. The highest BCUT2D eigenvalue weighted by Gasteiger charge is 2.08. The molecule has 90 valence electrons. The SMILES string of the molecule is COc1ccc2oc(-c3cccc(C)c3)nc2c1. The Kier molecular flexibility index (Phi) is 2.52. The molecule has 0 aliphatic rings. The summed E-state index contributed by atoms with van der Waals surface area (Å²) in [7, 11) is 1.64. The maximum absolute atomic E-state index is 5.74. The Morgan fingerprint density at radius 2 is 2.00 bits per heavy atom. The van der Waals surface area contributed by atoms with Gasteiger partial charge in [0, 0.05) is 11.6 Å². The van der Waals surface area contributed by atoms with Gasteiger partial charge in [-0.15, -0.1) is 0 Å². The van der Waals surface area contributed by atoms with E-state index in [9.17, 15) is 0 Å². The van der Waals surface area contributed by atoms with Gasteiger partial charge in [-0.25, -0.2) is 4.98 Å². The van der Waals surface area contributed by atoms with Crippen LogP contribution in [0.25, 0.3) is 22.6 Å². The molecule has 3 aromatic rings. The van der Waals surface area contributed by atoms with Gasteiger partial charge in [-0.05, 0) is 31.2 Å². The molecule has 18 heavy (non-hydrogen) atoms. The van der Waals surface area contributed by atoms with Crippen LogP contribution in [0, 0.1) is 6.92 Å². The zero-order chi connectivity index (χ0) is 12.5. The summed E-state index contributed by atoms with van der Waals surface area (Å²) in [6.07, 6.45) is 0. The zero-order valence-electron chi connectivity index (χ0n) is 10.3. The molecule has 0 fully saturated rings. The summed E-state index contributed by atoms with van der Waals surface area (Å²) in [5.41, 5.74) is 3.76. The highest BCUT2D eigenvalue weighted by atomic mass is 16.5. The maximum Gasteiger partial charge on any atom is 0.227 e. The molecule has 1 heterocycles. The van der Waals surface area contributed by atoms with E-state index in [1.54, 1.807) is 7.11 Å². The van der Waals surface area contributed by atoms with Gasteiger partial charge in [0.25, 0.3) is 0 Å². The van der Waals surface area contributed by atoms with Crippen molar-refractivity contribution in [3.63, 3.8) is 0 Å². The van der Waals surface area contributed by atoms with Gasteiger partial charge in [0.1, 0.15) is 11.3 Å². The molecule has 0 unspecified atom stereocenters. The van der Waals surface area contributed by atoms with Crippen LogP contribution in [0.1, 0.15) is 5.56 Å². The molecule has 3 heteroatoms. The van der Waals surface area contributed by atoms with Gasteiger partial charge < -0.3 is 9.15 Å². The fourth-order valence-electron chi connectivity index (χ4n) is 1.94. The monoisotopic (exact) mass is 239 g/mol. The number of fused-ring (bicyclic) bond motifs is 1. The van der Waals surface area contributed by atoms with E-state index in [0.29, 0.717) is 5.89 Å². The Morgan fingerprint density at radius 1 is 1.11 bits per heavy atom. The first-order valence-corrected chi connectivity index (χ1v) is 5.78. The number of nitrogens with zero attached hydrogens (tertiary/aromatic N) is 1. The fourth-order valence-corrected chi connectivity index (χ4v) is 1.94. The van der Waals surface area contributed by atoms with Crippen molar-refractivity contribution < 1.29 is 9.15 Å². The molecule has 1 aromatic heterocycles. The fraction of sp³-hybridized carbons (Fsp3) is 0.133. The molecule has 0 amide bonds. The molecule has 0 saturated carbocycles. The van der Waals surface area contributed by atoms with Gasteiger partial charge >= 0.3 is 0 Å². The third kappa shape index (κ3) is 1.84. The van der Waals surface area contributed by atoms with E-state index in [0.717, 1.165) is 22.4 Å². The minimum absolute atomic E-state index is 0.641. The van der Waals surface area contributed by atoms with Crippen molar-refractivity contribution >= 4 is 11.1 Å². The lowest BCUT2D eigenvalue weighted by Gasteiger charge is -1.95. The maximum atomic E-state index is 5.74. The minimum atomic E-state index is 0.641. The Balaban J connectivity index is 2.13. The number of aromatic nitrogens is 1. The number of ether oxygens (including phenoxy) is 1. The Hall–Kier alpha value is -2.29. The number of methoxy groups -OCH3 is 1. The van der Waals surface area contributed by atoms with Crippen molar-refractivity contribution in [1.82, 2.24) is 4.98 Å². The van der Waals surface area contributed by atoms with Gasteiger partial charge in [-0.1, -0.05) is 17.7 Å². The third-order valence-corrected chi connectivity index (χ3v) is 2.86. The average molecular weight is 239 g/mol. The van der Waals surface area contributed by atoms with Gasteiger partial charge in [0.15, 0.2) is 5.58 Å². The van der Waals surface area contributed by atoms with Crippen molar-refractivity contribution in [2.75, 3.05) is 7.11 Å². The standard InChI is InChI=1S/C15H13NO2/c1-10-4-3-5-11(8-10)15-16-13-9-12(17-2)6-7-14(13)18-15/h3-9H,1-2H3. The summed E-state index contributed by atoms with van der Waals surface area (Å²) in [6, 6.07) is 13.7. The van der Waals surface area contributed by atoms with Gasteiger partial charge in [0.05, 0.1) is 7.11 Å². The molecular weight excluding hydrogens is 226 g/mol. The van der Waals surface area contributed by atoms with Crippen LogP contribution >= 0.6 is 0 Å². The normalized spacial score (nSPS) is 10.8. The summed E-state index contributed by atoms with van der Waals surface area (Å²) >= 11 is 0. The molecule has 2 aromatic carbocycles. The molecule has 0 radical (unpaired) electrons. The van der Waals surface area contributed by atoms with E-state index in [-0.39, 0.29) is 0 Å². The molecule has 0 atom stereocenters. The molecule has 3 nitrogen and oxygen atoms in total. The predicted octanol–water partition coefficient (Wildman–Crippen LogP) is 3.81. The first kappa shape index (κ1) is 10.8. The molecule has 0 bridgehead atoms. The van der Waals surface area contributed by atoms with E-state index < -0.39 is 0 Å². The zero-order valence-corrected chi connectivity index (χ0v) is 10.3. The van der Waals surface area contributed by atoms with Crippen LogP contribution in [0.3, 0.4) is 0 Å². The van der Waals surface area contributed by atoms with E-state index in [1.165, 1.54) is 5.56 Å². The quantitative estimate of drug-likeness (QED) is 0.682. The Bertz CT molecular complexity index is 701. The number of benzene rings is 2. The Morgan fingerprint density at radius 3 is 2.78 bits per heavy atom. The molecule has 0 aliphatic carbocycles. The third-order valence-electron chi connectivity index (χ3n) is 2.86.